The van der Waals surface area contributed by atoms with Crippen LogP contribution in [0.15, 0.2) is 36.4 Å². The molecule has 2 aromatic carbocycles. The number of hydrogen-bond donors (Lipinski definition) is 3. The number of urea groups is 1. The van der Waals surface area contributed by atoms with E-state index in [1.165, 1.54) is 12.1 Å². The zero-order valence-electron chi connectivity index (χ0n) is 10.9. The number of nitrogens with one attached hydrogen (secondary N) is 2. The molecule has 22 heavy (non-hydrogen) atoms. The van der Waals surface area contributed by atoms with Gasteiger partial charge in [-0.3, -0.25) is 0 Å². The van der Waals surface area contributed by atoms with Gasteiger partial charge in [-0.2, -0.15) is 0 Å². The van der Waals surface area contributed by atoms with Gasteiger partial charge in [0.15, 0.2) is 0 Å². The summed E-state index contributed by atoms with van der Waals surface area (Å²) in [4.78, 5) is 22.9. The average Bonchev–Trinajstić information content (AvgIpc) is 2.41. The van der Waals surface area contributed by atoms with Gasteiger partial charge in [-0.25, -0.2) is 9.59 Å². The number of carboxylic acid groups (broad SMARTS) is 1. The Morgan fingerprint density at radius 1 is 0.955 bits per heavy atom. The van der Waals surface area contributed by atoms with E-state index in [0.29, 0.717) is 10.7 Å². The van der Waals surface area contributed by atoms with Crippen molar-refractivity contribution in [3.05, 3.63) is 57.0 Å². The van der Waals surface area contributed by atoms with Crippen LogP contribution in [0.2, 0.25) is 15.1 Å². The highest BCUT2D eigenvalue weighted by atomic mass is 35.5. The summed E-state index contributed by atoms with van der Waals surface area (Å²) in [6.45, 7) is 0. The van der Waals surface area contributed by atoms with E-state index in [1.807, 2.05) is 0 Å². The first-order chi connectivity index (χ1) is 10.4. The average molecular weight is 360 g/mol. The number of halogens is 3. The molecule has 3 N–H and O–H groups in total. The number of rotatable bonds is 3. The van der Waals surface area contributed by atoms with E-state index < -0.39 is 12.0 Å². The molecule has 0 saturated heterocycles. The lowest BCUT2D eigenvalue weighted by atomic mass is 10.2. The molecule has 0 saturated carbocycles. The second kappa shape index (κ2) is 6.87. The summed E-state index contributed by atoms with van der Waals surface area (Å²) in [5.41, 5.74) is 0.445. The molecule has 0 unspecified atom stereocenters. The van der Waals surface area contributed by atoms with Crippen molar-refractivity contribution in [2.24, 2.45) is 0 Å². The molecule has 5 nitrogen and oxygen atoms in total. The molecule has 0 aromatic heterocycles. The van der Waals surface area contributed by atoms with Gasteiger partial charge in [-0.1, -0.05) is 40.9 Å². The number of carbonyl (C=O) groups is 2. The number of amides is 2. The molecule has 8 heteroatoms. The van der Waals surface area contributed by atoms with E-state index in [2.05, 4.69) is 10.6 Å². The van der Waals surface area contributed by atoms with Crippen LogP contribution in [0.4, 0.5) is 16.2 Å². The molecule has 2 amide bonds. The Bertz CT molecular complexity index is 750. The van der Waals surface area contributed by atoms with Gasteiger partial charge in [-0.05, 0) is 30.3 Å². The third-order valence-electron chi connectivity index (χ3n) is 2.62. The smallest absolute Gasteiger partial charge is 0.337 e. The first-order valence-electron chi connectivity index (χ1n) is 5.92. The molecule has 0 atom stereocenters. The Hall–Kier alpha value is -1.95. The normalized spacial score (nSPS) is 10.1. The quantitative estimate of drug-likeness (QED) is 0.722. The van der Waals surface area contributed by atoms with Crippen LogP contribution in [0.1, 0.15) is 10.4 Å². The van der Waals surface area contributed by atoms with Gasteiger partial charge in [-0.15, -0.1) is 0 Å². The lowest BCUT2D eigenvalue weighted by Crippen LogP contribution is -2.20. The molecular weight excluding hydrogens is 351 g/mol. The van der Waals surface area contributed by atoms with Crippen LogP contribution in [-0.2, 0) is 0 Å². The molecular formula is C14H9Cl3N2O3. The number of carbonyl (C=O) groups excluding carboxylic acids is 1. The molecule has 0 bridgehead atoms. The maximum absolute atomic E-state index is 11.9. The molecule has 0 radical (unpaired) electrons. The molecule has 0 heterocycles. The minimum Gasteiger partial charge on any atom is -0.478 e. The van der Waals surface area contributed by atoms with Gasteiger partial charge in [0.2, 0.25) is 0 Å². The summed E-state index contributed by atoms with van der Waals surface area (Å²) in [6, 6.07) is 8.40. The van der Waals surface area contributed by atoms with Crippen molar-refractivity contribution in [2.75, 3.05) is 10.6 Å². The van der Waals surface area contributed by atoms with Gasteiger partial charge < -0.3 is 15.7 Å². The van der Waals surface area contributed by atoms with Crippen LogP contribution < -0.4 is 10.6 Å². The summed E-state index contributed by atoms with van der Waals surface area (Å²) >= 11 is 17.5. The molecule has 0 aliphatic heterocycles. The fraction of sp³-hybridized carbons (Fsp3) is 0. The largest absolute Gasteiger partial charge is 0.478 e. The van der Waals surface area contributed by atoms with Crippen molar-refractivity contribution >= 4 is 58.2 Å². The summed E-state index contributed by atoms with van der Waals surface area (Å²) in [5.74, 6) is -1.22. The van der Waals surface area contributed by atoms with E-state index in [0.717, 1.165) is 0 Å². The predicted octanol–water partition coefficient (Wildman–Crippen LogP) is 4.99. The highest BCUT2D eigenvalue weighted by molar-refractivity contribution is 6.38. The Morgan fingerprint density at radius 2 is 1.68 bits per heavy atom. The molecule has 0 spiro atoms. The molecule has 0 aliphatic carbocycles. The van der Waals surface area contributed by atoms with E-state index in [9.17, 15) is 9.59 Å². The van der Waals surface area contributed by atoms with Gasteiger partial charge >= 0.3 is 12.0 Å². The van der Waals surface area contributed by atoms with Crippen molar-refractivity contribution in [3.63, 3.8) is 0 Å². The molecule has 114 valence electrons. The van der Waals surface area contributed by atoms with Crippen molar-refractivity contribution in [1.29, 1.82) is 0 Å². The third-order valence-corrected chi connectivity index (χ3v) is 3.48. The molecule has 0 fully saturated rings. The molecule has 2 rings (SSSR count). The number of hydrogen-bond acceptors (Lipinski definition) is 2. The number of benzene rings is 2. The lowest BCUT2D eigenvalue weighted by Gasteiger charge is -2.11. The second-order valence-corrected chi connectivity index (χ2v) is 5.46. The van der Waals surface area contributed by atoms with Crippen LogP contribution in [0.3, 0.4) is 0 Å². The Balaban J connectivity index is 2.18. The summed E-state index contributed by atoms with van der Waals surface area (Å²) in [6.07, 6.45) is 0. The fourth-order valence-electron chi connectivity index (χ4n) is 1.66. The number of anilines is 2. The molecule has 2 aromatic rings. The summed E-state index contributed by atoms with van der Waals surface area (Å²) in [5, 5.41) is 14.6. The number of aromatic carboxylic acids is 1. The third kappa shape index (κ3) is 4.04. The zero-order valence-corrected chi connectivity index (χ0v) is 13.1. The Labute approximate surface area is 140 Å². The maximum atomic E-state index is 11.9. The van der Waals surface area contributed by atoms with E-state index in [4.69, 9.17) is 39.9 Å². The van der Waals surface area contributed by atoms with Crippen molar-refractivity contribution in [2.45, 2.75) is 0 Å². The van der Waals surface area contributed by atoms with E-state index in [1.54, 1.807) is 24.3 Å². The lowest BCUT2D eigenvalue weighted by molar-refractivity contribution is 0.0697. The topological polar surface area (TPSA) is 78.4 Å². The Morgan fingerprint density at radius 3 is 2.32 bits per heavy atom. The predicted molar refractivity (Wildman–Crippen MR) is 87.5 cm³/mol. The standard InChI is InChI=1S/C14H9Cl3N2O3/c15-7-2-1-3-8(4-7)18-14(22)19-12-5-9(13(20)21)10(16)6-11(12)17/h1-6H,(H,20,21)(H2,18,19,22). The minimum absolute atomic E-state index is 0.0155. The first kappa shape index (κ1) is 16.4. The van der Waals surface area contributed by atoms with Gasteiger partial charge in [0.1, 0.15) is 0 Å². The van der Waals surface area contributed by atoms with Crippen molar-refractivity contribution in [3.8, 4) is 0 Å². The molecule has 0 aliphatic rings. The highest BCUT2D eigenvalue weighted by Crippen LogP contribution is 2.29. The van der Waals surface area contributed by atoms with E-state index in [-0.39, 0.29) is 21.3 Å². The van der Waals surface area contributed by atoms with E-state index >= 15 is 0 Å². The summed E-state index contributed by atoms with van der Waals surface area (Å²) < 4.78 is 0. The van der Waals surface area contributed by atoms with Crippen LogP contribution in [0.25, 0.3) is 0 Å². The van der Waals surface area contributed by atoms with Crippen LogP contribution in [0.5, 0.6) is 0 Å². The van der Waals surface area contributed by atoms with Gasteiger partial charge in [0, 0.05) is 10.7 Å². The monoisotopic (exact) mass is 358 g/mol. The van der Waals surface area contributed by atoms with Gasteiger partial charge in [0.05, 0.1) is 21.3 Å². The number of carboxylic acids is 1. The first-order valence-corrected chi connectivity index (χ1v) is 7.06. The minimum atomic E-state index is -1.22. The van der Waals surface area contributed by atoms with Crippen molar-refractivity contribution in [1.82, 2.24) is 0 Å². The fourth-order valence-corrected chi connectivity index (χ4v) is 2.36. The van der Waals surface area contributed by atoms with Crippen molar-refractivity contribution < 1.29 is 14.7 Å². The maximum Gasteiger partial charge on any atom is 0.337 e. The van der Waals surface area contributed by atoms with Crippen LogP contribution in [-0.4, -0.2) is 17.1 Å². The van der Waals surface area contributed by atoms with Crippen LogP contribution >= 0.6 is 34.8 Å². The summed E-state index contributed by atoms with van der Waals surface area (Å²) in [7, 11) is 0. The highest BCUT2D eigenvalue weighted by Gasteiger charge is 2.14. The second-order valence-electron chi connectivity index (χ2n) is 4.21. The van der Waals surface area contributed by atoms with Crippen LogP contribution in [0, 0.1) is 0 Å². The zero-order chi connectivity index (χ0) is 16.3. The Kier molecular flexibility index (Phi) is 5.13. The van der Waals surface area contributed by atoms with Gasteiger partial charge in [0.25, 0.3) is 0 Å². The SMILES string of the molecule is O=C(Nc1cccc(Cl)c1)Nc1cc(C(=O)O)c(Cl)cc1Cl.